The molecule has 0 atom stereocenters. The van der Waals surface area contributed by atoms with Crippen molar-refractivity contribution in [1.29, 1.82) is 0 Å². The molecule has 0 amide bonds. The van der Waals surface area contributed by atoms with E-state index in [1.165, 1.54) is 6.07 Å². The van der Waals surface area contributed by atoms with E-state index in [-0.39, 0.29) is 11.4 Å². The van der Waals surface area contributed by atoms with E-state index in [9.17, 15) is 9.50 Å². The maximum atomic E-state index is 13.6. The number of hydrogen-bond acceptors (Lipinski definition) is 2. The van der Waals surface area contributed by atoms with E-state index >= 15 is 0 Å². The third-order valence-electron chi connectivity index (χ3n) is 2.51. The van der Waals surface area contributed by atoms with Crippen LogP contribution in [0.5, 0.6) is 5.75 Å². The van der Waals surface area contributed by atoms with Crippen LogP contribution in [0.3, 0.4) is 0 Å². The summed E-state index contributed by atoms with van der Waals surface area (Å²) >= 11 is 12.4. The van der Waals surface area contributed by atoms with Crippen LogP contribution < -0.4 is 5.32 Å². The summed E-state index contributed by atoms with van der Waals surface area (Å²) in [5.41, 5.74) is 1.14. The van der Waals surface area contributed by atoms with Gasteiger partial charge < -0.3 is 10.4 Å². The van der Waals surface area contributed by atoms with Gasteiger partial charge in [-0.2, -0.15) is 0 Å². The molecule has 0 spiro atoms. The van der Waals surface area contributed by atoms with Gasteiger partial charge in [-0.3, -0.25) is 0 Å². The van der Waals surface area contributed by atoms with Gasteiger partial charge in [0.05, 0.1) is 19.7 Å². The zero-order valence-corrected chi connectivity index (χ0v) is 13.5. The van der Waals surface area contributed by atoms with E-state index < -0.39 is 5.82 Å². The first-order valence-electron chi connectivity index (χ1n) is 5.34. The van der Waals surface area contributed by atoms with Gasteiger partial charge in [-0.25, -0.2) is 4.39 Å². The van der Waals surface area contributed by atoms with Crippen molar-refractivity contribution in [2.45, 2.75) is 6.54 Å². The minimum Gasteiger partial charge on any atom is -0.506 e. The Morgan fingerprint density at radius 2 is 1.84 bits per heavy atom. The smallest absolute Gasteiger partial charge is 0.147 e. The lowest BCUT2D eigenvalue weighted by atomic mass is 10.2. The van der Waals surface area contributed by atoms with Gasteiger partial charge in [-0.15, -0.1) is 0 Å². The summed E-state index contributed by atoms with van der Waals surface area (Å²) in [7, 11) is 0. The van der Waals surface area contributed by atoms with Gasteiger partial charge in [0, 0.05) is 6.54 Å². The average Bonchev–Trinajstić information content (AvgIpc) is 2.35. The van der Waals surface area contributed by atoms with Crippen molar-refractivity contribution in [3.63, 3.8) is 0 Å². The van der Waals surface area contributed by atoms with Crippen LogP contribution in [0.15, 0.2) is 39.3 Å². The van der Waals surface area contributed by atoms with Crippen LogP contribution in [0.4, 0.5) is 10.1 Å². The summed E-state index contributed by atoms with van der Waals surface area (Å²) < 4.78 is 14.7. The summed E-state index contributed by atoms with van der Waals surface area (Å²) in [4.78, 5) is 0. The Morgan fingerprint density at radius 3 is 2.42 bits per heavy atom. The molecular weight excluding hydrogens is 400 g/mol. The fourth-order valence-corrected chi connectivity index (χ4v) is 3.09. The molecule has 2 nitrogen and oxygen atoms in total. The first kappa shape index (κ1) is 14.6. The number of halogens is 4. The van der Waals surface area contributed by atoms with Gasteiger partial charge in [0.25, 0.3) is 0 Å². The molecule has 2 aromatic rings. The quantitative estimate of drug-likeness (QED) is 0.719. The molecular formula is C13H9Br2ClFNO. The lowest BCUT2D eigenvalue weighted by molar-refractivity contribution is 0.468. The van der Waals surface area contributed by atoms with Gasteiger partial charge in [-0.1, -0.05) is 17.7 Å². The zero-order valence-electron chi connectivity index (χ0n) is 9.55. The lowest BCUT2D eigenvalue weighted by Gasteiger charge is -2.11. The fourth-order valence-electron chi connectivity index (χ4n) is 1.58. The highest BCUT2D eigenvalue weighted by molar-refractivity contribution is 9.11. The predicted octanol–water partition coefficient (Wildman–Crippen LogP) is 5.32. The molecule has 2 N–H and O–H groups in total. The largest absolute Gasteiger partial charge is 0.506 e. The van der Waals surface area contributed by atoms with E-state index in [1.807, 2.05) is 0 Å². The van der Waals surface area contributed by atoms with Crippen molar-refractivity contribution in [3.05, 3.63) is 55.7 Å². The van der Waals surface area contributed by atoms with Crippen molar-refractivity contribution in [2.75, 3.05) is 5.32 Å². The third kappa shape index (κ3) is 3.41. The monoisotopic (exact) mass is 407 g/mol. The van der Waals surface area contributed by atoms with Crippen LogP contribution >= 0.6 is 43.5 Å². The maximum Gasteiger partial charge on any atom is 0.147 e. The first-order chi connectivity index (χ1) is 8.99. The highest BCUT2D eigenvalue weighted by Crippen LogP contribution is 2.34. The number of aromatic hydroxyl groups is 1. The Kier molecular flexibility index (Phi) is 4.71. The maximum absolute atomic E-state index is 13.6. The Morgan fingerprint density at radius 1 is 1.21 bits per heavy atom. The van der Waals surface area contributed by atoms with E-state index in [2.05, 4.69) is 37.2 Å². The standard InChI is InChI=1S/C13H9Br2ClFNO/c14-8-4-7(5-9(15)13(8)19)6-18-12-10(16)2-1-3-11(12)17/h1-5,18-19H,6H2. The molecule has 0 radical (unpaired) electrons. The number of phenols is 1. The summed E-state index contributed by atoms with van der Waals surface area (Å²) in [6.07, 6.45) is 0. The number of rotatable bonds is 3. The normalized spacial score (nSPS) is 10.5. The van der Waals surface area contributed by atoms with Crippen LogP contribution in [0.2, 0.25) is 5.02 Å². The molecule has 0 saturated carbocycles. The van der Waals surface area contributed by atoms with Crippen LogP contribution in [0, 0.1) is 5.82 Å². The van der Waals surface area contributed by atoms with E-state index in [0.29, 0.717) is 20.5 Å². The molecule has 0 saturated heterocycles. The summed E-state index contributed by atoms with van der Waals surface area (Å²) in [6, 6.07) is 8.02. The Balaban J connectivity index is 2.19. The highest BCUT2D eigenvalue weighted by Gasteiger charge is 2.09. The molecule has 0 heterocycles. The van der Waals surface area contributed by atoms with Crippen molar-refractivity contribution in [1.82, 2.24) is 0 Å². The molecule has 0 unspecified atom stereocenters. The number of hydrogen-bond donors (Lipinski definition) is 2. The van der Waals surface area contributed by atoms with Crippen molar-refractivity contribution < 1.29 is 9.50 Å². The van der Waals surface area contributed by atoms with Gasteiger partial charge in [0.2, 0.25) is 0 Å². The van der Waals surface area contributed by atoms with Gasteiger partial charge in [0.15, 0.2) is 0 Å². The number of anilines is 1. The van der Waals surface area contributed by atoms with Crippen LogP contribution in [-0.4, -0.2) is 5.11 Å². The molecule has 0 bridgehead atoms. The summed E-state index contributed by atoms with van der Waals surface area (Å²) in [5, 5.41) is 12.9. The molecule has 0 fully saturated rings. The van der Waals surface area contributed by atoms with E-state index in [4.69, 9.17) is 11.6 Å². The van der Waals surface area contributed by atoms with E-state index in [0.717, 1.165) is 5.56 Å². The number of para-hydroxylation sites is 1. The van der Waals surface area contributed by atoms with Crippen LogP contribution in [-0.2, 0) is 6.54 Å². The third-order valence-corrected chi connectivity index (χ3v) is 4.03. The van der Waals surface area contributed by atoms with Crippen molar-refractivity contribution in [3.8, 4) is 5.75 Å². The molecule has 19 heavy (non-hydrogen) atoms. The minimum atomic E-state index is -0.399. The average molecular weight is 409 g/mol. The molecule has 0 aliphatic carbocycles. The lowest BCUT2D eigenvalue weighted by Crippen LogP contribution is -2.02. The zero-order chi connectivity index (χ0) is 14.0. The highest BCUT2D eigenvalue weighted by atomic mass is 79.9. The SMILES string of the molecule is Oc1c(Br)cc(CNc2c(F)cccc2Cl)cc1Br. The van der Waals surface area contributed by atoms with Gasteiger partial charge >= 0.3 is 0 Å². The molecule has 2 aromatic carbocycles. The fraction of sp³-hybridized carbons (Fsp3) is 0.0769. The number of phenolic OH excluding ortho intramolecular Hbond substituents is 1. The first-order valence-corrected chi connectivity index (χ1v) is 7.30. The Bertz CT molecular complexity index is 578. The second-order valence-corrected chi connectivity index (χ2v) is 5.97. The molecule has 0 aliphatic rings. The van der Waals surface area contributed by atoms with Crippen molar-refractivity contribution in [2.24, 2.45) is 0 Å². The second kappa shape index (κ2) is 6.11. The van der Waals surface area contributed by atoms with Gasteiger partial charge in [-0.05, 0) is 61.7 Å². The molecule has 2 rings (SSSR count). The van der Waals surface area contributed by atoms with Gasteiger partial charge in [0.1, 0.15) is 11.6 Å². The summed E-state index contributed by atoms with van der Waals surface area (Å²) in [5.74, 6) is -0.267. The van der Waals surface area contributed by atoms with Crippen molar-refractivity contribution >= 4 is 49.1 Å². The second-order valence-electron chi connectivity index (χ2n) is 3.86. The summed E-state index contributed by atoms with van der Waals surface area (Å²) in [6.45, 7) is 0.387. The number of nitrogens with one attached hydrogen (secondary N) is 1. The Hall–Kier alpha value is -0.780. The Labute approximate surface area is 131 Å². The minimum absolute atomic E-state index is 0.132. The molecule has 6 heteroatoms. The van der Waals surface area contributed by atoms with Crippen LogP contribution in [0.25, 0.3) is 0 Å². The predicted molar refractivity (Wildman–Crippen MR) is 82.2 cm³/mol. The molecule has 0 aromatic heterocycles. The topological polar surface area (TPSA) is 32.3 Å². The number of benzene rings is 2. The molecule has 0 aliphatic heterocycles. The van der Waals surface area contributed by atoms with E-state index in [1.54, 1.807) is 24.3 Å². The van der Waals surface area contributed by atoms with Crippen LogP contribution in [0.1, 0.15) is 5.56 Å². The molecule has 100 valence electrons.